The zero-order valence-electron chi connectivity index (χ0n) is 10.7. The third kappa shape index (κ3) is 1.61. The van der Waals surface area contributed by atoms with Crippen molar-refractivity contribution in [1.29, 1.82) is 0 Å². The fourth-order valence-corrected chi connectivity index (χ4v) is 3.73. The smallest absolute Gasteiger partial charge is 0.407 e. The topological polar surface area (TPSA) is 40.5 Å². The van der Waals surface area contributed by atoms with E-state index < -0.39 is 6.09 Å². The summed E-state index contributed by atoms with van der Waals surface area (Å²) in [4.78, 5) is 12.5. The van der Waals surface area contributed by atoms with Crippen molar-refractivity contribution in [3.05, 3.63) is 35.4 Å². The summed E-state index contributed by atoms with van der Waals surface area (Å²) >= 11 is 0. The standard InChI is InChI=1S/C15H19NO2/c1-11-13-5-3-2-4-12(13)10-15(11)6-8-16(9-7-15)14(17)18/h2-5,11H,6-10H2,1H3,(H,17,18). The lowest BCUT2D eigenvalue weighted by Crippen LogP contribution is -2.43. The number of carbonyl (C=O) groups is 1. The number of hydrogen-bond donors (Lipinski definition) is 1. The van der Waals surface area contributed by atoms with Crippen LogP contribution in [0.2, 0.25) is 0 Å². The first-order chi connectivity index (χ1) is 8.62. The Morgan fingerprint density at radius 1 is 1.33 bits per heavy atom. The molecule has 2 aliphatic rings. The summed E-state index contributed by atoms with van der Waals surface area (Å²) in [6.45, 7) is 3.68. The zero-order chi connectivity index (χ0) is 12.8. The van der Waals surface area contributed by atoms with E-state index in [1.54, 1.807) is 4.90 Å². The van der Waals surface area contributed by atoms with Gasteiger partial charge in [-0.2, -0.15) is 0 Å². The Hall–Kier alpha value is -1.51. The van der Waals surface area contributed by atoms with E-state index in [9.17, 15) is 4.79 Å². The molecule has 1 fully saturated rings. The van der Waals surface area contributed by atoms with E-state index in [0.29, 0.717) is 24.4 Å². The maximum absolute atomic E-state index is 11.0. The SMILES string of the molecule is CC1c2ccccc2CC12CCN(C(=O)O)CC2. The molecular weight excluding hydrogens is 226 g/mol. The van der Waals surface area contributed by atoms with Gasteiger partial charge in [0.25, 0.3) is 0 Å². The second-order valence-electron chi connectivity index (χ2n) is 5.73. The van der Waals surface area contributed by atoms with Crippen LogP contribution in [0, 0.1) is 5.41 Å². The lowest BCUT2D eigenvalue weighted by molar-refractivity contribution is 0.0823. The van der Waals surface area contributed by atoms with Crippen molar-refractivity contribution in [2.45, 2.75) is 32.1 Å². The van der Waals surface area contributed by atoms with E-state index in [4.69, 9.17) is 5.11 Å². The number of piperidine rings is 1. The Morgan fingerprint density at radius 2 is 2.00 bits per heavy atom. The summed E-state index contributed by atoms with van der Waals surface area (Å²) in [7, 11) is 0. The van der Waals surface area contributed by atoms with E-state index in [-0.39, 0.29) is 0 Å². The van der Waals surface area contributed by atoms with Gasteiger partial charge in [0.05, 0.1) is 0 Å². The van der Waals surface area contributed by atoms with Crippen LogP contribution in [0.5, 0.6) is 0 Å². The van der Waals surface area contributed by atoms with Crippen molar-refractivity contribution in [1.82, 2.24) is 4.90 Å². The molecule has 1 heterocycles. The van der Waals surface area contributed by atoms with Crippen molar-refractivity contribution in [3.63, 3.8) is 0 Å². The van der Waals surface area contributed by atoms with Gasteiger partial charge < -0.3 is 10.0 Å². The van der Waals surface area contributed by atoms with Crippen LogP contribution in [0.3, 0.4) is 0 Å². The van der Waals surface area contributed by atoms with Gasteiger partial charge >= 0.3 is 6.09 Å². The highest BCUT2D eigenvalue weighted by molar-refractivity contribution is 5.65. The first-order valence-corrected chi connectivity index (χ1v) is 6.68. The molecule has 3 nitrogen and oxygen atoms in total. The summed E-state index contributed by atoms with van der Waals surface area (Å²) in [6, 6.07) is 8.68. The van der Waals surface area contributed by atoms with Gasteiger partial charge in [0, 0.05) is 13.1 Å². The minimum absolute atomic E-state index is 0.301. The second-order valence-corrected chi connectivity index (χ2v) is 5.73. The van der Waals surface area contributed by atoms with Gasteiger partial charge in [-0.25, -0.2) is 4.79 Å². The lowest BCUT2D eigenvalue weighted by atomic mass is 9.70. The first-order valence-electron chi connectivity index (χ1n) is 6.68. The maximum Gasteiger partial charge on any atom is 0.407 e. The van der Waals surface area contributed by atoms with Gasteiger partial charge in [-0.3, -0.25) is 0 Å². The Balaban J connectivity index is 1.82. The molecule has 1 aliphatic carbocycles. The average molecular weight is 245 g/mol. The average Bonchev–Trinajstić information content (AvgIpc) is 2.64. The molecule has 3 heteroatoms. The van der Waals surface area contributed by atoms with Crippen LogP contribution in [0.25, 0.3) is 0 Å². The Bertz CT molecular complexity index is 475. The third-order valence-electron chi connectivity index (χ3n) is 5.01. The molecule has 1 N–H and O–H groups in total. The van der Waals surface area contributed by atoms with E-state index in [0.717, 1.165) is 19.3 Å². The maximum atomic E-state index is 11.0. The Morgan fingerprint density at radius 3 is 2.61 bits per heavy atom. The molecule has 1 spiro atoms. The zero-order valence-corrected chi connectivity index (χ0v) is 10.7. The van der Waals surface area contributed by atoms with Gasteiger partial charge in [-0.1, -0.05) is 31.2 Å². The highest BCUT2D eigenvalue weighted by atomic mass is 16.4. The van der Waals surface area contributed by atoms with Gasteiger partial charge in [-0.05, 0) is 41.7 Å². The normalized spacial score (nSPS) is 25.2. The predicted molar refractivity (Wildman–Crippen MR) is 69.8 cm³/mol. The highest BCUT2D eigenvalue weighted by Crippen LogP contribution is 2.52. The molecule has 96 valence electrons. The van der Waals surface area contributed by atoms with Crippen LogP contribution in [0.15, 0.2) is 24.3 Å². The molecule has 0 saturated carbocycles. The van der Waals surface area contributed by atoms with Gasteiger partial charge in [0.1, 0.15) is 0 Å². The third-order valence-corrected chi connectivity index (χ3v) is 5.01. The molecule has 1 atom stereocenters. The first kappa shape index (κ1) is 11.6. The van der Waals surface area contributed by atoms with Gasteiger partial charge in [0.2, 0.25) is 0 Å². The number of rotatable bonds is 0. The fourth-order valence-electron chi connectivity index (χ4n) is 3.73. The minimum Gasteiger partial charge on any atom is -0.465 e. The van der Waals surface area contributed by atoms with Gasteiger partial charge in [0.15, 0.2) is 0 Å². The molecule has 1 amide bonds. The molecule has 1 aromatic carbocycles. The molecule has 1 aliphatic heterocycles. The second kappa shape index (κ2) is 4.01. The number of carboxylic acid groups (broad SMARTS) is 1. The van der Waals surface area contributed by atoms with Crippen molar-refractivity contribution < 1.29 is 9.90 Å². The summed E-state index contributed by atoms with van der Waals surface area (Å²) in [5, 5.41) is 9.03. The van der Waals surface area contributed by atoms with Crippen LogP contribution in [0.1, 0.15) is 36.8 Å². The number of likely N-dealkylation sites (tertiary alicyclic amines) is 1. The molecule has 1 unspecified atom stereocenters. The van der Waals surface area contributed by atoms with Crippen molar-refractivity contribution in [3.8, 4) is 0 Å². The van der Waals surface area contributed by atoms with E-state index in [1.807, 2.05) is 0 Å². The quantitative estimate of drug-likeness (QED) is 0.763. The van der Waals surface area contributed by atoms with Gasteiger partial charge in [-0.15, -0.1) is 0 Å². The van der Waals surface area contributed by atoms with E-state index in [1.165, 1.54) is 11.1 Å². The molecule has 0 bridgehead atoms. The van der Waals surface area contributed by atoms with Crippen LogP contribution in [-0.2, 0) is 6.42 Å². The summed E-state index contributed by atoms with van der Waals surface area (Å²) < 4.78 is 0. The van der Waals surface area contributed by atoms with Crippen molar-refractivity contribution >= 4 is 6.09 Å². The molecular formula is C15H19NO2. The number of nitrogens with zero attached hydrogens (tertiary/aromatic N) is 1. The summed E-state index contributed by atoms with van der Waals surface area (Å²) in [5.74, 6) is 0.560. The number of benzene rings is 1. The van der Waals surface area contributed by atoms with Crippen molar-refractivity contribution in [2.24, 2.45) is 5.41 Å². The Labute approximate surface area is 107 Å². The monoisotopic (exact) mass is 245 g/mol. The highest BCUT2D eigenvalue weighted by Gasteiger charge is 2.45. The van der Waals surface area contributed by atoms with Crippen LogP contribution >= 0.6 is 0 Å². The molecule has 0 radical (unpaired) electrons. The number of fused-ring (bicyclic) bond motifs is 1. The predicted octanol–water partition coefficient (Wildman–Crippen LogP) is 3.11. The summed E-state index contributed by atoms with van der Waals surface area (Å²) in [6.07, 6.45) is 2.34. The van der Waals surface area contributed by atoms with Crippen LogP contribution in [-0.4, -0.2) is 29.2 Å². The van der Waals surface area contributed by atoms with Crippen molar-refractivity contribution in [2.75, 3.05) is 13.1 Å². The largest absolute Gasteiger partial charge is 0.465 e. The lowest BCUT2D eigenvalue weighted by Gasteiger charge is -2.41. The fraction of sp³-hybridized carbons (Fsp3) is 0.533. The van der Waals surface area contributed by atoms with E-state index in [2.05, 4.69) is 31.2 Å². The molecule has 18 heavy (non-hydrogen) atoms. The van der Waals surface area contributed by atoms with E-state index >= 15 is 0 Å². The molecule has 1 saturated heterocycles. The van der Waals surface area contributed by atoms with Crippen LogP contribution in [0.4, 0.5) is 4.79 Å². The molecule has 1 aromatic rings. The molecule has 3 rings (SSSR count). The minimum atomic E-state index is -0.770. The summed E-state index contributed by atoms with van der Waals surface area (Å²) in [5.41, 5.74) is 3.24. The number of hydrogen-bond acceptors (Lipinski definition) is 1. The molecule has 0 aromatic heterocycles. The number of amides is 1. The Kier molecular flexibility index (Phi) is 2.58. The van der Waals surface area contributed by atoms with Crippen LogP contribution < -0.4 is 0 Å².